The Morgan fingerprint density at radius 1 is 1.23 bits per heavy atom. The van der Waals surface area contributed by atoms with E-state index in [4.69, 9.17) is 9.26 Å². The average Bonchev–Trinajstić information content (AvgIpc) is 3.19. The van der Waals surface area contributed by atoms with Gasteiger partial charge >= 0.3 is 6.18 Å². The summed E-state index contributed by atoms with van der Waals surface area (Å²) in [6.07, 6.45) is -3.81. The largest absolute Gasteiger partial charge is 0.491 e. The van der Waals surface area contributed by atoms with Crippen LogP contribution in [0.15, 0.2) is 47.0 Å². The first-order chi connectivity index (χ1) is 14.3. The molecule has 1 aromatic heterocycles. The molecule has 11 heteroatoms. The highest BCUT2D eigenvalue weighted by molar-refractivity contribution is 5.60. The summed E-state index contributed by atoms with van der Waals surface area (Å²) >= 11 is 0. The third-order valence-corrected chi connectivity index (χ3v) is 3.98. The van der Waals surface area contributed by atoms with Crippen LogP contribution in [0.25, 0.3) is 11.4 Å². The Labute approximate surface area is 168 Å². The standard InChI is InChI=1S/C19H17F3N4O4/c1-2-8-29-16-7-6-13(19(20,21)22)10-15(16)23-11-17-24-18(25-30-17)12-4-3-5-14(9-12)26(27)28/h3-7,9-10,23H,2,8,11H2,1H3. The summed E-state index contributed by atoms with van der Waals surface area (Å²) in [6, 6.07) is 8.85. The lowest BCUT2D eigenvalue weighted by Crippen LogP contribution is -2.09. The Hall–Kier alpha value is -3.63. The van der Waals surface area contributed by atoms with Gasteiger partial charge in [0.25, 0.3) is 5.69 Å². The number of nitrogens with one attached hydrogen (secondary N) is 1. The fourth-order valence-corrected chi connectivity index (χ4v) is 2.56. The van der Waals surface area contributed by atoms with Crippen LogP contribution in [0.2, 0.25) is 0 Å². The van der Waals surface area contributed by atoms with Gasteiger partial charge < -0.3 is 14.6 Å². The predicted molar refractivity (Wildman–Crippen MR) is 101 cm³/mol. The summed E-state index contributed by atoms with van der Waals surface area (Å²) in [6.45, 7) is 2.16. The van der Waals surface area contributed by atoms with Gasteiger partial charge in [-0.1, -0.05) is 24.2 Å². The lowest BCUT2D eigenvalue weighted by molar-refractivity contribution is -0.384. The van der Waals surface area contributed by atoms with Crippen molar-refractivity contribution in [1.29, 1.82) is 0 Å². The number of nitro groups is 1. The van der Waals surface area contributed by atoms with Gasteiger partial charge in [-0.15, -0.1) is 0 Å². The number of alkyl halides is 3. The summed E-state index contributed by atoms with van der Waals surface area (Å²) in [5, 5.41) is 17.5. The van der Waals surface area contributed by atoms with Crippen LogP contribution in [-0.4, -0.2) is 21.7 Å². The van der Waals surface area contributed by atoms with Gasteiger partial charge in [0.2, 0.25) is 11.7 Å². The second-order valence-corrected chi connectivity index (χ2v) is 6.23. The van der Waals surface area contributed by atoms with Crippen LogP contribution in [0.5, 0.6) is 5.75 Å². The predicted octanol–water partition coefficient (Wildman–Crippen LogP) is 5.06. The molecule has 0 bridgehead atoms. The fourth-order valence-electron chi connectivity index (χ4n) is 2.56. The SMILES string of the molecule is CCCOc1ccc(C(F)(F)F)cc1NCc1nc(-c2cccc([N+](=O)[O-])c2)no1. The van der Waals surface area contributed by atoms with E-state index in [0.717, 1.165) is 12.1 Å². The zero-order chi connectivity index (χ0) is 21.7. The second kappa shape index (κ2) is 8.80. The first-order valence-electron chi connectivity index (χ1n) is 8.93. The summed E-state index contributed by atoms with van der Waals surface area (Å²) in [5.74, 6) is 0.487. The fraction of sp³-hybridized carbons (Fsp3) is 0.263. The number of hydrogen-bond donors (Lipinski definition) is 1. The molecule has 3 aromatic rings. The summed E-state index contributed by atoms with van der Waals surface area (Å²) in [5.41, 5.74) is -0.436. The number of ether oxygens (including phenoxy) is 1. The van der Waals surface area contributed by atoms with Gasteiger partial charge in [-0.25, -0.2) is 0 Å². The van der Waals surface area contributed by atoms with Crippen molar-refractivity contribution in [2.24, 2.45) is 0 Å². The van der Waals surface area contributed by atoms with Crippen molar-refractivity contribution in [2.45, 2.75) is 26.1 Å². The molecule has 158 valence electrons. The van der Waals surface area contributed by atoms with Crippen molar-refractivity contribution in [3.05, 3.63) is 64.0 Å². The van der Waals surface area contributed by atoms with E-state index < -0.39 is 16.7 Å². The van der Waals surface area contributed by atoms with Gasteiger partial charge in [-0.2, -0.15) is 18.2 Å². The van der Waals surface area contributed by atoms with Gasteiger partial charge in [0.1, 0.15) is 5.75 Å². The number of nitro benzene ring substituents is 1. The van der Waals surface area contributed by atoms with Crippen LogP contribution in [0.4, 0.5) is 24.5 Å². The number of hydrogen-bond acceptors (Lipinski definition) is 7. The first kappa shape index (κ1) is 21.1. The van der Waals surface area contributed by atoms with Crippen LogP contribution in [0.1, 0.15) is 24.8 Å². The smallest absolute Gasteiger partial charge is 0.416 e. The topological polar surface area (TPSA) is 103 Å². The maximum absolute atomic E-state index is 13.0. The normalized spacial score (nSPS) is 11.3. The molecule has 0 aliphatic heterocycles. The highest BCUT2D eigenvalue weighted by atomic mass is 19.4. The molecule has 0 spiro atoms. The Bertz CT molecular complexity index is 1040. The lowest BCUT2D eigenvalue weighted by Gasteiger charge is -2.15. The molecule has 0 atom stereocenters. The number of halogens is 3. The van der Waals surface area contributed by atoms with Crippen molar-refractivity contribution in [2.75, 3.05) is 11.9 Å². The number of benzene rings is 2. The molecule has 0 amide bonds. The molecular formula is C19H17F3N4O4. The Kier molecular flexibility index (Phi) is 6.19. The van der Waals surface area contributed by atoms with E-state index in [9.17, 15) is 23.3 Å². The molecule has 0 radical (unpaired) electrons. The van der Waals surface area contributed by atoms with Crippen LogP contribution < -0.4 is 10.1 Å². The molecule has 2 aromatic carbocycles. The van der Waals surface area contributed by atoms with Gasteiger partial charge in [-0.05, 0) is 24.6 Å². The third kappa shape index (κ3) is 5.04. The molecule has 0 aliphatic carbocycles. The monoisotopic (exact) mass is 422 g/mol. The molecule has 0 fully saturated rings. The Morgan fingerprint density at radius 3 is 2.73 bits per heavy atom. The minimum absolute atomic E-state index is 0.0638. The van der Waals surface area contributed by atoms with E-state index in [1.807, 2.05) is 6.92 Å². The van der Waals surface area contributed by atoms with E-state index in [-0.39, 0.29) is 35.4 Å². The number of rotatable bonds is 8. The Balaban J connectivity index is 1.78. The van der Waals surface area contributed by atoms with Gasteiger partial charge in [0.15, 0.2) is 0 Å². The van der Waals surface area contributed by atoms with Crippen molar-refractivity contribution < 1.29 is 27.4 Å². The maximum atomic E-state index is 13.0. The molecule has 3 rings (SSSR count). The second-order valence-electron chi connectivity index (χ2n) is 6.23. The Morgan fingerprint density at radius 2 is 2.03 bits per heavy atom. The zero-order valence-electron chi connectivity index (χ0n) is 15.8. The molecule has 1 N–H and O–H groups in total. The molecule has 0 unspecified atom stereocenters. The van der Waals surface area contributed by atoms with Crippen LogP contribution in [-0.2, 0) is 12.7 Å². The molecular weight excluding hydrogens is 405 g/mol. The first-order valence-corrected chi connectivity index (χ1v) is 8.93. The van der Waals surface area contributed by atoms with E-state index in [0.29, 0.717) is 18.6 Å². The molecule has 0 saturated carbocycles. The van der Waals surface area contributed by atoms with E-state index >= 15 is 0 Å². The summed E-state index contributed by atoms with van der Waals surface area (Å²) in [7, 11) is 0. The average molecular weight is 422 g/mol. The number of non-ortho nitro benzene ring substituents is 1. The van der Waals surface area contributed by atoms with Gasteiger partial charge in [0, 0.05) is 17.7 Å². The lowest BCUT2D eigenvalue weighted by atomic mass is 10.1. The van der Waals surface area contributed by atoms with Crippen molar-refractivity contribution in [1.82, 2.24) is 10.1 Å². The minimum atomic E-state index is -4.50. The molecule has 0 aliphatic rings. The minimum Gasteiger partial charge on any atom is -0.491 e. The van der Waals surface area contributed by atoms with Gasteiger partial charge in [0.05, 0.1) is 29.3 Å². The summed E-state index contributed by atoms with van der Waals surface area (Å²) < 4.78 is 49.7. The molecule has 0 saturated heterocycles. The highest BCUT2D eigenvalue weighted by Crippen LogP contribution is 2.35. The van der Waals surface area contributed by atoms with E-state index in [1.54, 1.807) is 6.07 Å². The highest BCUT2D eigenvalue weighted by Gasteiger charge is 2.31. The number of anilines is 1. The van der Waals surface area contributed by atoms with Gasteiger partial charge in [-0.3, -0.25) is 10.1 Å². The third-order valence-electron chi connectivity index (χ3n) is 3.98. The van der Waals surface area contributed by atoms with Crippen molar-refractivity contribution >= 4 is 11.4 Å². The van der Waals surface area contributed by atoms with Crippen molar-refractivity contribution in [3.8, 4) is 17.1 Å². The number of nitrogens with zero attached hydrogens (tertiary/aromatic N) is 3. The van der Waals surface area contributed by atoms with Crippen LogP contribution >= 0.6 is 0 Å². The van der Waals surface area contributed by atoms with Crippen molar-refractivity contribution in [3.63, 3.8) is 0 Å². The van der Waals surface area contributed by atoms with E-state index in [2.05, 4.69) is 15.5 Å². The molecule has 8 nitrogen and oxygen atoms in total. The zero-order valence-corrected chi connectivity index (χ0v) is 15.8. The molecule has 30 heavy (non-hydrogen) atoms. The number of aromatic nitrogens is 2. The van der Waals surface area contributed by atoms with Crippen LogP contribution in [0, 0.1) is 10.1 Å². The maximum Gasteiger partial charge on any atom is 0.416 e. The van der Waals surface area contributed by atoms with E-state index in [1.165, 1.54) is 24.3 Å². The quantitative estimate of drug-likeness (QED) is 0.399. The van der Waals surface area contributed by atoms with Crippen LogP contribution in [0.3, 0.4) is 0 Å². The summed E-state index contributed by atoms with van der Waals surface area (Å²) in [4.78, 5) is 14.5. The molecule has 1 heterocycles.